The van der Waals surface area contributed by atoms with Crippen molar-refractivity contribution in [3.63, 3.8) is 0 Å². The molecule has 0 radical (unpaired) electrons. The predicted molar refractivity (Wildman–Crippen MR) is 94.2 cm³/mol. The Kier molecular flexibility index (Phi) is 4.75. The van der Waals surface area contributed by atoms with Crippen molar-refractivity contribution in [3.8, 4) is 11.1 Å². The molecule has 1 aromatic carbocycles. The van der Waals surface area contributed by atoms with Crippen LogP contribution in [0.3, 0.4) is 0 Å². The largest absolute Gasteiger partial charge is 0.437 e. The third-order valence-electron chi connectivity index (χ3n) is 3.16. The third-order valence-corrected chi connectivity index (χ3v) is 4.48. The zero-order valence-electron chi connectivity index (χ0n) is 12.0. The first-order valence-electron chi connectivity index (χ1n) is 6.74. The standard InChI is InChI=1S/C17H14BrN3S/c1-22-15-7-5-13(6-8-15)14-11-16(18)17(19-12-14)20-21-9-3-2-4-10-21/h2-12H,1H3. The third kappa shape index (κ3) is 3.48. The number of halogens is 1. The Morgan fingerprint density at radius 1 is 1.05 bits per heavy atom. The summed E-state index contributed by atoms with van der Waals surface area (Å²) in [5.74, 6) is 0.653. The van der Waals surface area contributed by atoms with E-state index in [0.29, 0.717) is 5.82 Å². The maximum absolute atomic E-state index is 4.46. The molecule has 2 heterocycles. The molecule has 0 N–H and O–H groups in total. The zero-order valence-corrected chi connectivity index (χ0v) is 14.4. The second-order valence-corrected chi connectivity index (χ2v) is 6.35. The lowest BCUT2D eigenvalue weighted by Crippen LogP contribution is -2.26. The molecule has 0 amide bonds. The molecule has 3 nitrogen and oxygen atoms in total. The van der Waals surface area contributed by atoms with Gasteiger partial charge in [0, 0.05) is 27.3 Å². The van der Waals surface area contributed by atoms with E-state index in [1.54, 1.807) is 16.4 Å². The van der Waals surface area contributed by atoms with E-state index >= 15 is 0 Å². The molecule has 0 spiro atoms. The van der Waals surface area contributed by atoms with Crippen LogP contribution in [0.25, 0.3) is 16.6 Å². The van der Waals surface area contributed by atoms with Crippen LogP contribution in [0.4, 0.5) is 5.82 Å². The van der Waals surface area contributed by atoms with Crippen LogP contribution >= 0.6 is 27.7 Å². The summed E-state index contributed by atoms with van der Waals surface area (Å²) >= 11 is 5.29. The van der Waals surface area contributed by atoms with Crippen molar-refractivity contribution < 1.29 is 4.68 Å². The summed E-state index contributed by atoms with van der Waals surface area (Å²) < 4.78 is 2.61. The molecule has 0 aliphatic heterocycles. The molecule has 0 bridgehead atoms. The lowest BCUT2D eigenvalue weighted by atomic mass is 10.1. The van der Waals surface area contributed by atoms with Crippen molar-refractivity contribution in [3.05, 3.63) is 77.0 Å². The second kappa shape index (κ2) is 6.94. The molecule has 0 saturated carbocycles. The Labute approximate surface area is 142 Å². The molecule has 2 aromatic heterocycles. The van der Waals surface area contributed by atoms with Crippen molar-refractivity contribution in [2.45, 2.75) is 4.90 Å². The fraction of sp³-hybridized carbons (Fsp3) is 0.0588. The summed E-state index contributed by atoms with van der Waals surface area (Å²) in [4.78, 5) is 5.71. The fourth-order valence-electron chi connectivity index (χ4n) is 2.01. The van der Waals surface area contributed by atoms with Gasteiger partial charge in [-0.1, -0.05) is 40.3 Å². The first-order chi connectivity index (χ1) is 10.8. The molecule has 5 heteroatoms. The summed E-state index contributed by atoms with van der Waals surface area (Å²) in [6.07, 6.45) is 7.68. The van der Waals surface area contributed by atoms with Gasteiger partial charge < -0.3 is 4.98 Å². The number of aromatic nitrogens is 2. The lowest BCUT2D eigenvalue weighted by molar-refractivity contribution is -0.619. The van der Waals surface area contributed by atoms with Gasteiger partial charge in [0.15, 0.2) is 12.4 Å². The van der Waals surface area contributed by atoms with E-state index < -0.39 is 0 Å². The predicted octanol–water partition coefficient (Wildman–Crippen LogP) is 4.99. The first kappa shape index (κ1) is 15.1. The van der Waals surface area contributed by atoms with Crippen LogP contribution in [0.1, 0.15) is 0 Å². The minimum Gasteiger partial charge on any atom is -0.437 e. The maximum atomic E-state index is 4.46. The van der Waals surface area contributed by atoms with E-state index in [9.17, 15) is 0 Å². The van der Waals surface area contributed by atoms with Crippen molar-refractivity contribution in [1.29, 1.82) is 0 Å². The van der Waals surface area contributed by atoms with Gasteiger partial charge in [0.25, 0.3) is 0 Å². The Morgan fingerprint density at radius 3 is 2.41 bits per heavy atom. The van der Waals surface area contributed by atoms with Crippen LogP contribution in [-0.2, 0) is 0 Å². The molecular weight excluding hydrogens is 358 g/mol. The maximum Gasteiger partial charge on any atom is 0.182 e. The molecule has 0 atom stereocenters. The number of hydrogen-bond donors (Lipinski definition) is 0. The number of rotatable bonds is 4. The SMILES string of the molecule is CSc1ccc(-c2cnc([N-][n+]3ccccc3)c(Br)c2)cc1. The number of hydrogen-bond acceptors (Lipinski definition) is 2. The highest BCUT2D eigenvalue weighted by atomic mass is 79.9. The summed E-state index contributed by atoms with van der Waals surface area (Å²) in [5, 5.41) is 0. The first-order valence-corrected chi connectivity index (χ1v) is 8.76. The van der Waals surface area contributed by atoms with Gasteiger partial charge in [0.05, 0.1) is 0 Å². The van der Waals surface area contributed by atoms with E-state index in [4.69, 9.17) is 0 Å². The number of nitrogens with zero attached hydrogens (tertiary/aromatic N) is 3. The monoisotopic (exact) mass is 371 g/mol. The van der Waals surface area contributed by atoms with Gasteiger partial charge in [-0.25, -0.2) is 0 Å². The highest BCUT2D eigenvalue weighted by Crippen LogP contribution is 2.30. The molecule has 0 fully saturated rings. The molecule has 3 rings (SSSR count). The van der Waals surface area contributed by atoms with Gasteiger partial charge in [-0.05, 0) is 35.6 Å². The van der Waals surface area contributed by atoms with Crippen molar-refractivity contribution >= 4 is 33.5 Å². The average molecular weight is 372 g/mol. The van der Waals surface area contributed by atoms with E-state index in [2.05, 4.69) is 56.9 Å². The molecule has 110 valence electrons. The molecule has 3 aromatic rings. The highest BCUT2D eigenvalue weighted by molar-refractivity contribution is 9.10. The van der Waals surface area contributed by atoms with Gasteiger partial charge in [-0.15, -0.1) is 11.8 Å². The van der Waals surface area contributed by atoms with Gasteiger partial charge in [-0.3, -0.25) is 0 Å². The topological polar surface area (TPSA) is 30.9 Å². The second-order valence-electron chi connectivity index (χ2n) is 4.61. The lowest BCUT2D eigenvalue weighted by Gasteiger charge is -2.13. The summed E-state index contributed by atoms with van der Waals surface area (Å²) in [6.45, 7) is 0. The molecule has 0 saturated heterocycles. The Morgan fingerprint density at radius 2 is 1.77 bits per heavy atom. The van der Waals surface area contributed by atoms with Crippen molar-refractivity contribution in [2.75, 3.05) is 6.26 Å². The minimum atomic E-state index is 0.653. The highest BCUT2D eigenvalue weighted by Gasteiger charge is 2.02. The van der Waals surface area contributed by atoms with Crippen molar-refractivity contribution in [1.82, 2.24) is 4.98 Å². The van der Waals surface area contributed by atoms with Gasteiger partial charge in [0.2, 0.25) is 0 Å². The minimum absolute atomic E-state index is 0.653. The summed E-state index contributed by atoms with van der Waals surface area (Å²) in [5.41, 5.74) is 6.67. The van der Waals surface area contributed by atoms with Gasteiger partial charge in [-0.2, -0.15) is 10.1 Å². The summed E-state index contributed by atoms with van der Waals surface area (Å²) in [7, 11) is 0. The van der Waals surface area contributed by atoms with E-state index in [-0.39, 0.29) is 0 Å². The zero-order chi connectivity index (χ0) is 15.4. The molecule has 0 aliphatic rings. The Bertz CT molecular complexity index is 761. The molecule has 22 heavy (non-hydrogen) atoms. The number of benzene rings is 1. The van der Waals surface area contributed by atoms with E-state index in [0.717, 1.165) is 15.6 Å². The normalized spacial score (nSPS) is 10.5. The van der Waals surface area contributed by atoms with E-state index in [1.165, 1.54) is 4.90 Å². The van der Waals surface area contributed by atoms with Crippen LogP contribution < -0.4 is 4.68 Å². The Balaban J connectivity index is 1.85. The fourth-order valence-corrected chi connectivity index (χ4v) is 2.85. The van der Waals surface area contributed by atoms with Crippen LogP contribution in [0.15, 0.2) is 76.5 Å². The Hall–Kier alpha value is -1.85. The smallest absolute Gasteiger partial charge is 0.182 e. The quantitative estimate of drug-likeness (QED) is 0.477. The van der Waals surface area contributed by atoms with Gasteiger partial charge >= 0.3 is 0 Å². The average Bonchev–Trinajstić information content (AvgIpc) is 2.58. The molecular formula is C17H14BrN3S. The van der Waals surface area contributed by atoms with Crippen molar-refractivity contribution in [2.24, 2.45) is 0 Å². The summed E-state index contributed by atoms with van der Waals surface area (Å²) in [6, 6.07) is 16.3. The van der Waals surface area contributed by atoms with Crippen LogP contribution in [0.2, 0.25) is 0 Å². The van der Waals surface area contributed by atoms with Gasteiger partial charge in [0.1, 0.15) is 0 Å². The molecule has 0 unspecified atom stereocenters. The van der Waals surface area contributed by atoms with Crippen LogP contribution in [0, 0.1) is 0 Å². The van der Waals surface area contributed by atoms with E-state index in [1.807, 2.05) is 42.9 Å². The number of thioether (sulfide) groups is 1. The van der Waals surface area contributed by atoms with Crippen LogP contribution in [0.5, 0.6) is 0 Å². The number of pyridine rings is 2. The molecule has 0 aliphatic carbocycles. The van der Waals surface area contributed by atoms with Crippen LogP contribution in [-0.4, -0.2) is 11.2 Å².